The molecule has 110 valence electrons. The molecular weight excluding hydrogens is 262 g/mol. The van der Waals surface area contributed by atoms with Gasteiger partial charge in [-0.25, -0.2) is 0 Å². The fourth-order valence-electron chi connectivity index (χ4n) is 2.10. The van der Waals surface area contributed by atoms with Crippen molar-refractivity contribution >= 4 is 11.6 Å². The standard InChI is InChI=1S/C17H21N3O/c1-12(2)19-16-10-5-4-8-14(16)17(21)20-13(3)15-9-6-7-11-18-15/h4-13,19H,1-3H3,(H,20,21). The zero-order valence-electron chi connectivity index (χ0n) is 12.6. The number of anilines is 1. The van der Waals surface area contributed by atoms with E-state index < -0.39 is 0 Å². The summed E-state index contributed by atoms with van der Waals surface area (Å²) < 4.78 is 0. The van der Waals surface area contributed by atoms with Gasteiger partial charge in [-0.3, -0.25) is 9.78 Å². The van der Waals surface area contributed by atoms with Gasteiger partial charge in [0.05, 0.1) is 17.3 Å². The second-order valence-electron chi connectivity index (χ2n) is 5.29. The van der Waals surface area contributed by atoms with Gasteiger partial charge in [-0.1, -0.05) is 18.2 Å². The second kappa shape index (κ2) is 6.88. The number of carbonyl (C=O) groups excluding carboxylic acids is 1. The summed E-state index contributed by atoms with van der Waals surface area (Å²) in [6, 6.07) is 13.3. The number of benzene rings is 1. The van der Waals surface area contributed by atoms with E-state index in [1.807, 2.05) is 63.2 Å². The number of carbonyl (C=O) groups is 1. The van der Waals surface area contributed by atoms with Crippen LogP contribution in [-0.4, -0.2) is 16.9 Å². The summed E-state index contributed by atoms with van der Waals surface area (Å²) in [7, 11) is 0. The minimum absolute atomic E-state index is 0.100. The van der Waals surface area contributed by atoms with Crippen LogP contribution in [0.1, 0.15) is 42.9 Å². The number of hydrogen-bond acceptors (Lipinski definition) is 3. The van der Waals surface area contributed by atoms with Gasteiger partial charge in [0.2, 0.25) is 0 Å². The van der Waals surface area contributed by atoms with E-state index in [1.54, 1.807) is 6.20 Å². The third kappa shape index (κ3) is 4.05. The van der Waals surface area contributed by atoms with Crippen LogP contribution in [0.2, 0.25) is 0 Å². The van der Waals surface area contributed by atoms with Crippen molar-refractivity contribution in [1.29, 1.82) is 0 Å². The Bertz CT molecular complexity index is 596. The van der Waals surface area contributed by atoms with E-state index in [0.717, 1.165) is 11.4 Å². The Morgan fingerprint density at radius 2 is 1.76 bits per heavy atom. The maximum Gasteiger partial charge on any atom is 0.253 e. The Morgan fingerprint density at radius 3 is 2.43 bits per heavy atom. The quantitative estimate of drug-likeness (QED) is 0.884. The van der Waals surface area contributed by atoms with Crippen molar-refractivity contribution < 1.29 is 4.79 Å². The van der Waals surface area contributed by atoms with Crippen molar-refractivity contribution in [3.8, 4) is 0 Å². The van der Waals surface area contributed by atoms with Crippen LogP contribution in [0.4, 0.5) is 5.69 Å². The van der Waals surface area contributed by atoms with Gasteiger partial charge in [0.25, 0.3) is 5.91 Å². The molecule has 0 aliphatic carbocycles. The first-order valence-electron chi connectivity index (χ1n) is 7.15. The lowest BCUT2D eigenvalue weighted by atomic mass is 10.1. The van der Waals surface area contributed by atoms with E-state index in [-0.39, 0.29) is 18.0 Å². The number of para-hydroxylation sites is 1. The molecule has 2 aromatic rings. The molecule has 0 aliphatic rings. The third-order valence-corrected chi connectivity index (χ3v) is 3.09. The lowest BCUT2D eigenvalue weighted by molar-refractivity contribution is 0.0940. The molecule has 21 heavy (non-hydrogen) atoms. The molecule has 1 heterocycles. The minimum atomic E-state index is -0.134. The van der Waals surface area contributed by atoms with Crippen LogP contribution in [0.3, 0.4) is 0 Å². The monoisotopic (exact) mass is 283 g/mol. The highest BCUT2D eigenvalue weighted by atomic mass is 16.1. The Labute approximate surface area is 125 Å². The summed E-state index contributed by atoms with van der Waals surface area (Å²) in [6.07, 6.45) is 1.73. The summed E-state index contributed by atoms with van der Waals surface area (Å²) in [4.78, 5) is 16.7. The number of nitrogens with zero attached hydrogens (tertiary/aromatic N) is 1. The van der Waals surface area contributed by atoms with Gasteiger partial charge in [-0.15, -0.1) is 0 Å². The normalized spacial score (nSPS) is 12.0. The summed E-state index contributed by atoms with van der Waals surface area (Å²) in [5.74, 6) is -0.100. The number of pyridine rings is 1. The van der Waals surface area contributed by atoms with E-state index in [1.165, 1.54) is 0 Å². The van der Waals surface area contributed by atoms with Gasteiger partial charge in [0, 0.05) is 17.9 Å². The number of hydrogen-bond donors (Lipinski definition) is 2. The smallest absolute Gasteiger partial charge is 0.253 e. The molecule has 0 spiro atoms. The van der Waals surface area contributed by atoms with Crippen molar-refractivity contribution in [2.45, 2.75) is 32.9 Å². The van der Waals surface area contributed by atoms with E-state index in [9.17, 15) is 4.79 Å². The SMILES string of the molecule is CC(C)Nc1ccccc1C(=O)NC(C)c1ccccn1. The first kappa shape index (κ1) is 15.0. The Kier molecular flexibility index (Phi) is 4.93. The molecule has 2 rings (SSSR count). The van der Waals surface area contributed by atoms with Crippen LogP contribution in [0, 0.1) is 0 Å². The molecule has 1 aromatic carbocycles. The predicted octanol–water partition coefficient (Wildman–Crippen LogP) is 3.39. The average molecular weight is 283 g/mol. The van der Waals surface area contributed by atoms with E-state index >= 15 is 0 Å². The molecule has 0 fully saturated rings. The van der Waals surface area contributed by atoms with Crippen LogP contribution in [-0.2, 0) is 0 Å². The largest absolute Gasteiger partial charge is 0.382 e. The molecule has 0 saturated heterocycles. The number of amides is 1. The fraction of sp³-hybridized carbons (Fsp3) is 0.294. The van der Waals surface area contributed by atoms with Crippen molar-refractivity contribution in [3.63, 3.8) is 0 Å². The highest BCUT2D eigenvalue weighted by Gasteiger charge is 2.15. The number of aromatic nitrogens is 1. The van der Waals surface area contributed by atoms with Crippen LogP contribution < -0.4 is 10.6 Å². The summed E-state index contributed by atoms with van der Waals surface area (Å²) >= 11 is 0. The van der Waals surface area contributed by atoms with Crippen LogP contribution in [0.15, 0.2) is 48.7 Å². The van der Waals surface area contributed by atoms with Gasteiger partial charge in [-0.05, 0) is 45.0 Å². The first-order chi connectivity index (χ1) is 10.1. The van der Waals surface area contributed by atoms with E-state index in [0.29, 0.717) is 5.56 Å². The zero-order chi connectivity index (χ0) is 15.2. The van der Waals surface area contributed by atoms with Crippen molar-refractivity contribution in [1.82, 2.24) is 10.3 Å². The molecular formula is C17H21N3O. The van der Waals surface area contributed by atoms with Gasteiger partial charge in [0.1, 0.15) is 0 Å². The van der Waals surface area contributed by atoms with Gasteiger partial charge in [0.15, 0.2) is 0 Å². The molecule has 0 radical (unpaired) electrons. The van der Waals surface area contributed by atoms with Gasteiger partial charge >= 0.3 is 0 Å². The van der Waals surface area contributed by atoms with Crippen molar-refractivity contribution in [2.24, 2.45) is 0 Å². The summed E-state index contributed by atoms with van der Waals surface area (Å²) in [5, 5.41) is 6.28. The van der Waals surface area contributed by atoms with Crippen LogP contribution in [0.25, 0.3) is 0 Å². The first-order valence-corrected chi connectivity index (χ1v) is 7.15. The van der Waals surface area contributed by atoms with E-state index in [4.69, 9.17) is 0 Å². The molecule has 0 aliphatic heterocycles. The molecule has 0 bridgehead atoms. The molecule has 1 amide bonds. The maximum atomic E-state index is 12.5. The predicted molar refractivity (Wildman–Crippen MR) is 85.3 cm³/mol. The second-order valence-corrected chi connectivity index (χ2v) is 5.29. The van der Waals surface area contributed by atoms with Crippen LogP contribution >= 0.6 is 0 Å². The Balaban J connectivity index is 2.14. The molecule has 2 N–H and O–H groups in total. The number of rotatable bonds is 5. The highest BCUT2D eigenvalue weighted by molar-refractivity contribution is 5.99. The molecule has 4 nitrogen and oxygen atoms in total. The highest BCUT2D eigenvalue weighted by Crippen LogP contribution is 2.17. The van der Waals surface area contributed by atoms with E-state index in [2.05, 4.69) is 15.6 Å². The Morgan fingerprint density at radius 1 is 1.05 bits per heavy atom. The molecule has 0 saturated carbocycles. The molecule has 4 heteroatoms. The summed E-state index contributed by atoms with van der Waals surface area (Å²) in [5.41, 5.74) is 2.34. The average Bonchev–Trinajstić information content (AvgIpc) is 2.48. The summed E-state index contributed by atoms with van der Waals surface area (Å²) in [6.45, 7) is 6.02. The molecule has 1 aromatic heterocycles. The maximum absolute atomic E-state index is 12.5. The minimum Gasteiger partial charge on any atom is -0.382 e. The lowest BCUT2D eigenvalue weighted by Gasteiger charge is -2.17. The van der Waals surface area contributed by atoms with Crippen LogP contribution in [0.5, 0.6) is 0 Å². The van der Waals surface area contributed by atoms with Crippen molar-refractivity contribution in [3.05, 3.63) is 59.9 Å². The Hall–Kier alpha value is -2.36. The van der Waals surface area contributed by atoms with Crippen molar-refractivity contribution in [2.75, 3.05) is 5.32 Å². The van der Waals surface area contributed by atoms with Gasteiger partial charge in [-0.2, -0.15) is 0 Å². The topological polar surface area (TPSA) is 54.0 Å². The molecule has 1 unspecified atom stereocenters. The zero-order valence-corrected chi connectivity index (χ0v) is 12.6. The fourth-order valence-corrected chi connectivity index (χ4v) is 2.10. The molecule has 1 atom stereocenters. The number of nitrogens with one attached hydrogen (secondary N) is 2. The lowest BCUT2D eigenvalue weighted by Crippen LogP contribution is -2.28. The third-order valence-electron chi connectivity index (χ3n) is 3.09. The van der Waals surface area contributed by atoms with Gasteiger partial charge < -0.3 is 10.6 Å².